The number of aromatic nitrogens is 1. The lowest BCUT2D eigenvalue weighted by Gasteiger charge is -2.09. The Morgan fingerprint density at radius 3 is 2.72 bits per heavy atom. The predicted octanol–water partition coefficient (Wildman–Crippen LogP) is 4.62. The van der Waals surface area contributed by atoms with Gasteiger partial charge in [-0.15, -0.1) is 0 Å². The molecule has 0 atom stereocenters. The zero-order valence-electron chi connectivity index (χ0n) is 17.6. The normalized spacial score (nSPS) is 12.1. The molecule has 0 radical (unpaired) electrons. The van der Waals surface area contributed by atoms with Gasteiger partial charge in [0.25, 0.3) is 5.91 Å². The first-order chi connectivity index (χ1) is 15.6. The van der Waals surface area contributed by atoms with Gasteiger partial charge in [-0.05, 0) is 65.4 Å². The number of para-hydroxylation sites is 1. The van der Waals surface area contributed by atoms with Crippen LogP contribution in [0, 0.1) is 5.82 Å². The molecule has 6 heteroatoms. The number of nitrogens with two attached hydrogens (primary N) is 1. The average Bonchev–Trinajstić information content (AvgIpc) is 3.44. The number of aliphatic hydroxyl groups excluding tert-OH is 1. The van der Waals surface area contributed by atoms with Crippen LogP contribution in [0.5, 0.6) is 5.75 Å². The first-order valence-electron chi connectivity index (χ1n) is 10.6. The van der Waals surface area contributed by atoms with Gasteiger partial charge in [-0.2, -0.15) is 0 Å². The Kier molecular flexibility index (Phi) is 6.52. The molecule has 0 saturated heterocycles. The molecule has 0 aliphatic carbocycles. The number of primary amides is 1. The van der Waals surface area contributed by atoms with E-state index in [0.717, 1.165) is 36.0 Å². The van der Waals surface area contributed by atoms with Gasteiger partial charge < -0.3 is 20.6 Å². The van der Waals surface area contributed by atoms with Crippen LogP contribution in [0.2, 0.25) is 0 Å². The zero-order chi connectivity index (χ0) is 22.5. The van der Waals surface area contributed by atoms with Gasteiger partial charge in [0.05, 0.1) is 12.2 Å². The molecule has 4 aromatic rings. The number of nitrogens with one attached hydrogen (secondary N) is 1. The maximum atomic E-state index is 13.3. The van der Waals surface area contributed by atoms with Gasteiger partial charge in [0.15, 0.2) is 0 Å². The Bertz CT molecular complexity index is 1250. The minimum atomic E-state index is -0.531. The van der Waals surface area contributed by atoms with Crippen molar-refractivity contribution in [1.82, 2.24) is 4.98 Å². The predicted molar refractivity (Wildman–Crippen MR) is 123 cm³/mol. The van der Waals surface area contributed by atoms with E-state index in [9.17, 15) is 9.18 Å². The fourth-order valence-corrected chi connectivity index (χ4v) is 3.93. The third-order valence-electron chi connectivity index (χ3n) is 5.49. The smallest absolute Gasteiger partial charge is 0.252 e. The third kappa shape index (κ3) is 4.65. The molecule has 2 heterocycles. The van der Waals surface area contributed by atoms with E-state index in [4.69, 9.17) is 15.6 Å². The Morgan fingerprint density at radius 1 is 1.09 bits per heavy atom. The fraction of sp³-hybridized carbons (Fsp3) is 0.192. The fourth-order valence-electron chi connectivity index (χ4n) is 3.93. The molecule has 1 aromatic heterocycles. The van der Waals surface area contributed by atoms with Crippen molar-refractivity contribution >= 4 is 16.8 Å². The number of hydrogen-bond donors (Lipinski definition) is 3. The van der Waals surface area contributed by atoms with Crippen molar-refractivity contribution in [3.63, 3.8) is 0 Å². The van der Waals surface area contributed by atoms with Crippen LogP contribution < -0.4 is 10.5 Å². The summed E-state index contributed by atoms with van der Waals surface area (Å²) in [6.45, 7) is 0.807. The quantitative estimate of drug-likeness (QED) is 0.430. The van der Waals surface area contributed by atoms with Crippen LogP contribution in [0.15, 0.2) is 66.9 Å². The number of H-pyrrole nitrogens is 1. The second-order valence-corrected chi connectivity index (χ2v) is 7.67. The van der Waals surface area contributed by atoms with Gasteiger partial charge in [-0.1, -0.05) is 30.3 Å². The monoisotopic (exact) mass is 432 g/mol. The van der Waals surface area contributed by atoms with Crippen LogP contribution in [-0.2, 0) is 12.8 Å². The van der Waals surface area contributed by atoms with Crippen molar-refractivity contribution in [2.24, 2.45) is 5.73 Å². The zero-order valence-corrected chi connectivity index (χ0v) is 17.6. The molecule has 164 valence electrons. The molecule has 1 aliphatic heterocycles. The molecule has 0 unspecified atom stereocenters. The molecule has 4 N–H and O–H groups in total. The third-order valence-corrected chi connectivity index (χ3v) is 5.49. The maximum Gasteiger partial charge on any atom is 0.252 e. The van der Waals surface area contributed by atoms with E-state index in [1.807, 2.05) is 24.4 Å². The minimum Gasteiger partial charge on any atom is -0.492 e. The highest BCUT2D eigenvalue weighted by Gasteiger charge is 2.21. The summed E-state index contributed by atoms with van der Waals surface area (Å²) in [5.41, 5.74) is 10.6. The van der Waals surface area contributed by atoms with Crippen LogP contribution in [-0.4, -0.2) is 29.2 Å². The van der Waals surface area contributed by atoms with Gasteiger partial charge in [-0.25, -0.2) is 4.39 Å². The minimum absolute atomic E-state index is 0.263. The number of carbonyl (C=O) groups is 1. The first-order valence-corrected chi connectivity index (χ1v) is 10.6. The maximum absolute atomic E-state index is 13.3. The molecule has 5 rings (SSSR count). The average molecular weight is 432 g/mol. The van der Waals surface area contributed by atoms with E-state index in [-0.39, 0.29) is 12.4 Å². The van der Waals surface area contributed by atoms with Crippen LogP contribution in [0.1, 0.15) is 27.9 Å². The summed E-state index contributed by atoms with van der Waals surface area (Å²) in [6.07, 6.45) is 4.54. The van der Waals surface area contributed by atoms with Crippen molar-refractivity contribution < 1.29 is 19.0 Å². The van der Waals surface area contributed by atoms with Crippen molar-refractivity contribution in [2.45, 2.75) is 19.3 Å². The summed E-state index contributed by atoms with van der Waals surface area (Å²) in [5.74, 6) is -0.279. The number of rotatable bonds is 5. The highest BCUT2D eigenvalue weighted by Crippen LogP contribution is 2.34. The number of carbonyl (C=O) groups excluding carboxylic acids is 1. The van der Waals surface area contributed by atoms with Gasteiger partial charge >= 0.3 is 0 Å². The summed E-state index contributed by atoms with van der Waals surface area (Å²) in [4.78, 5) is 14.7. The van der Waals surface area contributed by atoms with Crippen LogP contribution in [0.4, 0.5) is 4.39 Å². The standard InChI is InChI=1S/C15H12FNO2.C11H13NO/c16-12-3-1-2-9(7-12)11-6-10-4-5-19-14(10)13(8-11)15(17)18;13-7-3-4-9-8-12-11-6-2-1-5-10(9)11/h1-3,6-8H,4-5H2,(H2,17,18);1-2,5-6,8,12-13H,3-4,7H2. The molecule has 0 bridgehead atoms. The Balaban J connectivity index is 0.000000165. The SMILES string of the molecule is NC(=O)c1cc(-c2cccc(F)c2)cc2c1OCC2.OCCCc1c[nH]c2ccccc12. The summed E-state index contributed by atoms with van der Waals surface area (Å²) in [5, 5.41) is 10.0. The summed E-state index contributed by atoms with van der Waals surface area (Å²) in [7, 11) is 0. The molecule has 5 nitrogen and oxygen atoms in total. The Hall–Kier alpha value is -3.64. The molecular weight excluding hydrogens is 407 g/mol. The molecular formula is C26H25FN2O3. The van der Waals surface area contributed by atoms with E-state index >= 15 is 0 Å². The van der Waals surface area contributed by atoms with Crippen molar-refractivity contribution in [3.8, 4) is 16.9 Å². The molecule has 0 saturated carbocycles. The van der Waals surface area contributed by atoms with Gasteiger partial charge in [0.2, 0.25) is 0 Å². The molecule has 1 amide bonds. The number of aliphatic hydroxyl groups is 1. The number of benzene rings is 3. The second kappa shape index (κ2) is 9.66. The number of fused-ring (bicyclic) bond motifs is 2. The number of hydrogen-bond acceptors (Lipinski definition) is 3. The van der Waals surface area contributed by atoms with Gasteiger partial charge in [0, 0.05) is 30.1 Å². The lowest BCUT2D eigenvalue weighted by molar-refractivity contribution is 0.0997. The van der Waals surface area contributed by atoms with E-state index in [1.54, 1.807) is 18.2 Å². The lowest BCUT2D eigenvalue weighted by atomic mass is 9.98. The highest BCUT2D eigenvalue weighted by molar-refractivity contribution is 5.98. The van der Waals surface area contributed by atoms with E-state index in [1.165, 1.54) is 28.6 Å². The van der Waals surface area contributed by atoms with Crippen LogP contribution in [0.3, 0.4) is 0 Å². The summed E-state index contributed by atoms with van der Waals surface area (Å²) >= 11 is 0. The summed E-state index contributed by atoms with van der Waals surface area (Å²) < 4.78 is 18.7. The van der Waals surface area contributed by atoms with Crippen molar-refractivity contribution in [3.05, 3.63) is 89.4 Å². The van der Waals surface area contributed by atoms with Gasteiger partial charge in [-0.3, -0.25) is 4.79 Å². The number of aryl methyl sites for hydroxylation is 1. The Labute approximate surface area is 185 Å². The van der Waals surface area contributed by atoms with Crippen LogP contribution >= 0.6 is 0 Å². The van der Waals surface area contributed by atoms with E-state index in [2.05, 4.69) is 17.1 Å². The first kappa shape index (κ1) is 21.6. The van der Waals surface area contributed by atoms with Gasteiger partial charge in [0.1, 0.15) is 11.6 Å². The van der Waals surface area contributed by atoms with E-state index in [0.29, 0.717) is 17.9 Å². The molecule has 0 fully saturated rings. The number of halogens is 1. The Morgan fingerprint density at radius 2 is 1.94 bits per heavy atom. The topological polar surface area (TPSA) is 88.3 Å². The van der Waals surface area contributed by atoms with Crippen LogP contribution in [0.25, 0.3) is 22.0 Å². The van der Waals surface area contributed by atoms with E-state index < -0.39 is 5.91 Å². The molecule has 0 spiro atoms. The summed E-state index contributed by atoms with van der Waals surface area (Å²) in [6, 6.07) is 18.1. The largest absolute Gasteiger partial charge is 0.492 e. The van der Waals surface area contributed by atoms with Crippen molar-refractivity contribution in [2.75, 3.05) is 13.2 Å². The molecule has 3 aromatic carbocycles. The number of amides is 1. The number of aromatic amines is 1. The molecule has 32 heavy (non-hydrogen) atoms. The van der Waals surface area contributed by atoms with Crippen molar-refractivity contribution in [1.29, 1.82) is 0 Å². The number of ether oxygens (including phenoxy) is 1. The highest BCUT2D eigenvalue weighted by atomic mass is 19.1. The second-order valence-electron chi connectivity index (χ2n) is 7.67. The molecule has 1 aliphatic rings. The lowest BCUT2D eigenvalue weighted by Crippen LogP contribution is -2.12.